The maximum Gasteiger partial charge on any atom is 0.294 e. The number of ether oxygens (including phenoxy) is 3. The lowest BCUT2D eigenvalue weighted by molar-refractivity contribution is -0.133. The van der Waals surface area contributed by atoms with Crippen LogP contribution in [0.4, 0.5) is 0 Å². The van der Waals surface area contributed by atoms with Crippen LogP contribution in [-0.2, 0) is 16.1 Å². The van der Waals surface area contributed by atoms with Crippen molar-refractivity contribution in [3.8, 4) is 11.5 Å². The molecule has 0 saturated carbocycles. The minimum atomic E-state index is -1.30. The Morgan fingerprint density at radius 2 is 1.81 bits per heavy atom. The lowest BCUT2D eigenvalue weighted by Crippen LogP contribution is -2.61. The van der Waals surface area contributed by atoms with Crippen LogP contribution >= 0.6 is 0 Å². The van der Waals surface area contributed by atoms with Crippen LogP contribution in [0.15, 0.2) is 65.1 Å². The molecule has 4 aromatic rings. The van der Waals surface area contributed by atoms with Gasteiger partial charge in [0.25, 0.3) is 5.91 Å². The number of para-hydroxylation sites is 1. The van der Waals surface area contributed by atoms with Gasteiger partial charge in [0.1, 0.15) is 17.9 Å². The molecular weight excluding hydrogens is 460 g/mol. The molecule has 8 heteroatoms. The van der Waals surface area contributed by atoms with E-state index in [0.717, 1.165) is 16.3 Å². The van der Waals surface area contributed by atoms with E-state index in [0.29, 0.717) is 22.5 Å². The van der Waals surface area contributed by atoms with E-state index in [1.165, 1.54) is 4.90 Å². The number of rotatable bonds is 7. The summed E-state index contributed by atoms with van der Waals surface area (Å²) in [6.45, 7) is 2.32. The van der Waals surface area contributed by atoms with E-state index in [2.05, 4.69) is 5.32 Å². The Morgan fingerprint density at radius 1 is 1.08 bits per heavy atom. The molecule has 5 rings (SSSR count). The second-order valence-electron chi connectivity index (χ2n) is 8.96. The molecule has 186 valence electrons. The second-order valence-corrected chi connectivity index (χ2v) is 8.96. The average molecular weight is 489 g/mol. The summed E-state index contributed by atoms with van der Waals surface area (Å²) in [6.07, 6.45) is 0. The van der Waals surface area contributed by atoms with Crippen molar-refractivity contribution in [1.29, 1.82) is 0 Å². The van der Waals surface area contributed by atoms with Crippen LogP contribution in [0, 0.1) is 0 Å². The molecule has 0 spiro atoms. The van der Waals surface area contributed by atoms with E-state index in [4.69, 9.17) is 18.6 Å². The van der Waals surface area contributed by atoms with Gasteiger partial charge in [0, 0.05) is 25.8 Å². The predicted molar refractivity (Wildman–Crippen MR) is 135 cm³/mol. The Bertz CT molecular complexity index is 1440. The second kappa shape index (κ2) is 9.54. The third-order valence-corrected chi connectivity index (χ3v) is 6.68. The zero-order valence-electron chi connectivity index (χ0n) is 20.5. The van der Waals surface area contributed by atoms with Gasteiger partial charge in [0.15, 0.2) is 11.3 Å². The van der Waals surface area contributed by atoms with Crippen molar-refractivity contribution >= 4 is 33.6 Å². The fraction of sp³-hybridized carbons (Fsp3) is 0.286. The predicted octanol–water partition coefficient (Wildman–Crippen LogP) is 4.15. The summed E-state index contributed by atoms with van der Waals surface area (Å²) in [6, 6.07) is 19.2. The Balaban J connectivity index is 1.45. The van der Waals surface area contributed by atoms with Crippen LogP contribution in [-0.4, -0.2) is 56.2 Å². The van der Waals surface area contributed by atoms with Crippen molar-refractivity contribution in [2.24, 2.45) is 0 Å². The van der Waals surface area contributed by atoms with Gasteiger partial charge < -0.3 is 28.8 Å². The minimum absolute atomic E-state index is 0.0420. The van der Waals surface area contributed by atoms with Gasteiger partial charge in [-0.05, 0) is 42.0 Å². The van der Waals surface area contributed by atoms with E-state index in [9.17, 15) is 9.59 Å². The fourth-order valence-corrected chi connectivity index (χ4v) is 4.62. The first kappa shape index (κ1) is 23.7. The van der Waals surface area contributed by atoms with E-state index < -0.39 is 11.4 Å². The number of hydrogen-bond donors (Lipinski definition) is 1. The van der Waals surface area contributed by atoms with Gasteiger partial charge in [-0.2, -0.15) is 0 Å². The summed E-state index contributed by atoms with van der Waals surface area (Å²) in [4.78, 5) is 28.8. The van der Waals surface area contributed by atoms with Gasteiger partial charge in [-0.1, -0.05) is 36.4 Å². The highest BCUT2D eigenvalue weighted by atomic mass is 16.5. The molecule has 1 N–H and O–H groups in total. The first-order chi connectivity index (χ1) is 17.5. The molecule has 0 fully saturated rings. The van der Waals surface area contributed by atoms with Crippen molar-refractivity contribution in [2.45, 2.75) is 19.0 Å². The van der Waals surface area contributed by atoms with Gasteiger partial charge in [-0.25, -0.2) is 0 Å². The van der Waals surface area contributed by atoms with E-state index in [1.54, 1.807) is 27.2 Å². The zero-order chi connectivity index (χ0) is 25.3. The Hall–Kier alpha value is -4.04. The summed E-state index contributed by atoms with van der Waals surface area (Å²) in [5.41, 5.74) is 0.0804. The Morgan fingerprint density at radius 3 is 2.56 bits per heavy atom. The normalized spacial score (nSPS) is 17.5. The topological polar surface area (TPSA) is 90.2 Å². The van der Waals surface area contributed by atoms with Crippen LogP contribution in [0.2, 0.25) is 0 Å². The van der Waals surface area contributed by atoms with Gasteiger partial charge in [0.05, 0.1) is 19.1 Å². The smallest absolute Gasteiger partial charge is 0.294 e. The maximum absolute atomic E-state index is 13.7. The van der Waals surface area contributed by atoms with Crippen molar-refractivity contribution in [1.82, 2.24) is 10.2 Å². The third kappa shape index (κ3) is 4.03. The summed E-state index contributed by atoms with van der Waals surface area (Å²) in [7, 11) is 3.15. The van der Waals surface area contributed by atoms with Crippen LogP contribution in [0.25, 0.3) is 21.7 Å². The zero-order valence-corrected chi connectivity index (χ0v) is 20.5. The highest BCUT2D eigenvalue weighted by molar-refractivity contribution is 6.04. The highest BCUT2D eigenvalue weighted by Gasteiger charge is 2.47. The van der Waals surface area contributed by atoms with Crippen LogP contribution in [0.3, 0.4) is 0 Å². The Kier molecular flexibility index (Phi) is 6.28. The van der Waals surface area contributed by atoms with E-state index >= 15 is 0 Å². The SMILES string of the molecule is COCCN1C(=O)c2oc3ccccc3c2OCC1(C)C(=O)NCc1cc2ccccc2cc1OC. The molecular formula is C28H28N2O6. The number of nitrogens with one attached hydrogen (secondary N) is 1. The van der Waals surface area contributed by atoms with Crippen molar-refractivity contribution in [3.63, 3.8) is 0 Å². The van der Waals surface area contributed by atoms with Gasteiger partial charge in [-0.15, -0.1) is 0 Å². The third-order valence-electron chi connectivity index (χ3n) is 6.68. The number of hydrogen-bond acceptors (Lipinski definition) is 6. The molecule has 1 aromatic heterocycles. The van der Waals surface area contributed by atoms with Gasteiger partial charge in [-0.3, -0.25) is 9.59 Å². The number of nitrogens with zero attached hydrogens (tertiary/aromatic N) is 1. The van der Waals surface area contributed by atoms with Crippen LogP contribution in [0.1, 0.15) is 23.0 Å². The lowest BCUT2D eigenvalue weighted by atomic mass is 9.98. The first-order valence-electron chi connectivity index (χ1n) is 11.8. The number of carbonyl (C=O) groups is 2. The van der Waals surface area contributed by atoms with Crippen LogP contribution < -0.4 is 14.8 Å². The number of carbonyl (C=O) groups excluding carboxylic acids is 2. The highest BCUT2D eigenvalue weighted by Crippen LogP contribution is 2.38. The largest absolute Gasteiger partial charge is 0.496 e. The molecule has 1 aliphatic heterocycles. The number of fused-ring (bicyclic) bond motifs is 4. The average Bonchev–Trinajstić information content (AvgIpc) is 3.24. The quantitative estimate of drug-likeness (QED) is 0.420. The number of methoxy groups -OCH3 is 2. The van der Waals surface area contributed by atoms with E-state index in [1.807, 2.05) is 54.6 Å². The number of amides is 2. The molecule has 1 aliphatic rings. The van der Waals surface area contributed by atoms with E-state index in [-0.39, 0.29) is 38.0 Å². The van der Waals surface area contributed by atoms with Crippen LogP contribution in [0.5, 0.6) is 11.5 Å². The lowest BCUT2D eigenvalue weighted by Gasteiger charge is -2.37. The molecule has 0 saturated heterocycles. The maximum atomic E-state index is 13.7. The first-order valence-corrected chi connectivity index (χ1v) is 11.8. The minimum Gasteiger partial charge on any atom is -0.496 e. The van der Waals surface area contributed by atoms with Crippen molar-refractivity contribution in [3.05, 3.63) is 72.0 Å². The fourth-order valence-electron chi connectivity index (χ4n) is 4.62. The summed E-state index contributed by atoms with van der Waals surface area (Å²) in [5, 5.41) is 5.78. The molecule has 2 heterocycles. The molecule has 1 atom stereocenters. The molecule has 36 heavy (non-hydrogen) atoms. The molecule has 1 unspecified atom stereocenters. The molecule has 0 aliphatic carbocycles. The number of furan rings is 1. The van der Waals surface area contributed by atoms with Gasteiger partial charge >= 0.3 is 0 Å². The van der Waals surface area contributed by atoms with Crippen molar-refractivity contribution < 1.29 is 28.2 Å². The molecule has 0 radical (unpaired) electrons. The summed E-state index contributed by atoms with van der Waals surface area (Å²) in [5.74, 6) is 0.341. The molecule has 0 bridgehead atoms. The molecule has 8 nitrogen and oxygen atoms in total. The standard InChI is InChI=1S/C28H28N2O6/c1-28(27(32)29-16-20-14-18-8-4-5-9-19(18)15-23(20)34-3)17-35-24-21-10-6-7-11-22(21)36-25(24)26(31)30(28)12-13-33-2/h4-11,14-15H,12-13,16-17H2,1-3H3,(H,29,32). The summed E-state index contributed by atoms with van der Waals surface area (Å²) < 4.78 is 22.8. The Labute approximate surface area is 208 Å². The molecule has 2 amide bonds. The van der Waals surface area contributed by atoms with Crippen molar-refractivity contribution in [2.75, 3.05) is 34.0 Å². The monoisotopic (exact) mass is 488 g/mol. The summed E-state index contributed by atoms with van der Waals surface area (Å²) >= 11 is 0. The van der Waals surface area contributed by atoms with Gasteiger partial charge in [0.2, 0.25) is 11.7 Å². The molecule has 3 aromatic carbocycles. The number of benzene rings is 3.